The van der Waals surface area contributed by atoms with Gasteiger partial charge in [-0.25, -0.2) is 0 Å². The molecule has 0 saturated carbocycles. The van der Waals surface area contributed by atoms with Crippen molar-refractivity contribution in [3.05, 3.63) is 12.2 Å². The van der Waals surface area contributed by atoms with E-state index in [-0.39, 0.29) is 0 Å². The fourth-order valence-electron chi connectivity index (χ4n) is 0.828. The van der Waals surface area contributed by atoms with Crippen LogP contribution >= 0.6 is 7.80 Å². The highest BCUT2D eigenvalue weighted by molar-refractivity contribution is 7.44. The van der Waals surface area contributed by atoms with Crippen LogP contribution in [0.3, 0.4) is 0 Å². The zero-order chi connectivity index (χ0) is 8.53. The normalized spacial score (nSPS) is 12.4. The minimum absolute atomic E-state index is 0.840. The largest absolute Gasteiger partial charge is 0.338 e. The second-order valence-corrected chi connectivity index (χ2v) is 4.59. The molecule has 0 rings (SSSR count). The molecule has 64 valence electrons. The first-order valence-electron chi connectivity index (χ1n) is 4.38. The average Bonchev–Trinajstić information content (AvgIpc) is 2.04. The summed E-state index contributed by atoms with van der Waals surface area (Å²) in [6.45, 7) is 4.11. The summed E-state index contributed by atoms with van der Waals surface area (Å²) in [5.41, 5.74) is 0. The molecule has 0 aromatic heterocycles. The fourth-order valence-corrected chi connectivity index (χ4v) is 1.68. The van der Waals surface area contributed by atoms with E-state index in [1.165, 1.54) is 0 Å². The molecule has 0 spiro atoms. The van der Waals surface area contributed by atoms with Gasteiger partial charge in [0.15, 0.2) is 0 Å². The van der Waals surface area contributed by atoms with Gasteiger partial charge in [0.2, 0.25) is 0 Å². The van der Waals surface area contributed by atoms with Crippen molar-refractivity contribution in [3.8, 4) is 0 Å². The van der Waals surface area contributed by atoms with Gasteiger partial charge < -0.3 is 0 Å². The molecule has 0 saturated heterocycles. The van der Waals surface area contributed by atoms with Crippen LogP contribution in [0.2, 0.25) is 0 Å². The number of unbranched alkanes of at least 4 members (excludes halogenated alkanes) is 1. The molecule has 0 heterocycles. The molecular weight excluding hydrogens is 155 g/mol. The number of hydrogen-bond acceptors (Lipinski definition) is 1. The van der Waals surface area contributed by atoms with Crippen molar-refractivity contribution in [2.24, 2.45) is 0 Å². The highest BCUT2D eigenvalue weighted by Gasteiger charge is 2.08. The third-order valence-corrected chi connectivity index (χ3v) is 3.05. The van der Waals surface area contributed by atoms with Crippen LogP contribution in [-0.2, 0) is 4.57 Å². The lowest BCUT2D eigenvalue weighted by atomic mass is 10.3. The predicted molar refractivity (Wildman–Crippen MR) is 51.7 cm³/mol. The van der Waals surface area contributed by atoms with Gasteiger partial charge in [0, 0.05) is 0 Å². The molecule has 1 unspecified atom stereocenters. The molecular formula is C9H18OP+. The zero-order valence-corrected chi connectivity index (χ0v) is 8.44. The average molecular weight is 173 g/mol. The Morgan fingerprint density at radius 1 is 1.27 bits per heavy atom. The van der Waals surface area contributed by atoms with Gasteiger partial charge in [0.25, 0.3) is 0 Å². The quantitative estimate of drug-likeness (QED) is 0.341. The summed E-state index contributed by atoms with van der Waals surface area (Å²) in [7, 11) is -0.883. The first kappa shape index (κ1) is 10.8. The summed E-state index contributed by atoms with van der Waals surface area (Å²) in [5, 5.41) is 0. The van der Waals surface area contributed by atoms with E-state index in [0.717, 1.165) is 31.6 Å². The molecule has 0 fully saturated rings. The topological polar surface area (TPSA) is 17.1 Å². The molecule has 0 amide bonds. The van der Waals surface area contributed by atoms with E-state index >= 15 is 0 Å². The minimum atomic E-state index is -0.883. The van der Waals surface area contributed by atoms with Crippen LogP contribution in [0, 0.1) is 0 Å². The first-order valence-corrected chi connectivity index (χ1v) is 6.01. The van der Waals surface area contributed by atoms with Crippen LogP contribution < -0.4 is 0 Å². The molecule has 0 radical (unpaired) electrons. The molecule has 0 aliphatic carbocycles. The Hall–Kier alpha value is -0.160. The molecule has 1 atom stereocenters. The predicted octanol–water partition coefficient (Wildman–Crippen LogP) is 3.58. The molecule has 0 aliphatic heterocycles. The number of hydrogen-bond donors (Lipinski definition) is 0. The zero-order valence-electron chi connectivity index (χ0n) is 7.55. The molecule has 0 aliphatic rings. The monoisotopic (exact) mass is 173 g/mol. The van der Waals surface area contributed by atoms with E-state index < -0.39 is 7.80 Å². The summed E-state index contributed by atoms with van der Waals surface area (Å²) >= 11 is 0. The van der Waals surface area contributed by atoms with E-state index in [4.69, 9.17) is 0 Å². The second-order valence-electron chi connectivity index (χ2n) is 2.54. The van der Waals surface area contributed by atoms with Gasteiger partial charge in [0.1, 0.15) is 12.3 Å². The maximum atomic E-state index is 11.0. The van der Waals surface area contributed by atoms with Crippen LogP contribution in [-0.4, -0.2) is 12.3 Å². The number of allylic oxidation sites excluding steroid dienone is 2. The Morgan fingerprint density at radius 2 is 2.00 bits per heavy atom. The van der Waals surface area contributed by atoms with Crippen LogP contribution in [0.5, 0.6) is 0 Å². The molecule has 0 bridgehead atoms. The van der Waals surface area contributed by atoms with E-state index in [1.807, 2.05) is 6.92 Å². The Bertz CT molecular complexity index is 130. The number of rotatable bonds is 6. The van der Waals surface area contributed by atoms with E-state index in [2.05, 4.69) is 19.1 Å². The molecule has 0 N–H and O–H groups in total. The third kappa shape index (κ3) is 7.74. The van der Waals surface area contributed by atoms with E-state index in [9.17, 15) is 4.57 Å². The standard InChI is InChI=1S/C9H18OP/c1-3-5-6-7-8-9-11(10)4-2/h5-6H,3-4,7-9H2,1-2H3/q+1. The Labute approximate surface area is 70.7 Å². The Morgan fingerprint density at radius 3 is 2.55 bits per heavy atom. The van der Waals surface area contributed by atoms with Gasteiger partial charge >= 0.3 is 7.80 Å². The molecule has 1 nitrogen and oxygen atoms in total. The highest BCUT2D eigenvalue weighted by Crippen LogP contribution is 2.20. The van der Waals surface area contributed by atoms with Crippen molar-refractivity contribution in [2.45, 2.75) is 33.1 Å². The van der Waals surface area contributed by atoms with Crippen LogP contribution in [0.1, 0.15) is 33.1 Å². The maximum Gasteiger partial charge on any atom is 0.338 e. The lowest BCUT2D eigenvalue weighted by Crippen LogP contribution is -1.78. The van der Waals surface area contributed by atoms with E-state index in [0.29, 0.717) is 0 Å². The fraction of sp³-hybridized carbons (Fsp3) is 0.778. The lowest BCUT2D eigenvalue weighted by Gasteiger charge is -1.85. The molecule has 11 heavy (non-hydrogen) atoms. The second kappa shape index (κ2) is 7.94. The van der Waals surface area contributed by atoms with Gasteiger partial charge in [-0.2, -0.15) is 0 Å². The van der Waals surface area contributed by atoms with Crippen LogP contribution in [0.4, 0.5) is 0 Å². The summed E-state index contributed by atoms with van der Waals surface area (Å²) in [6.07, 6.45) is 9.37. The smallest absolute Gasteiger partial charge is 0.0888 e. The summed E-state index contributed by atoms with van der Waals surface area (Å²) in [4.78, 5) is 0. The van der Waals surface area contributed by atoms with Crippen LogP contribution in [0.25, 0.3) is 0 Å². The van der Waals surface area contributed by atoms with Gasteiger partial charge in [-0.05, 0) is 26.2 Å². The molecule has 2 heteroatoms. The van der Waals surface area contributed by atoms with Gasteiger partial charge in [-0.1, -0.05) is 23.6 Å². The third-order valence-electron chi connectivity index (χ3n) is 1.53. The lowest BCUT2D eigenvalue weighted by molar-refractivity contribution is 0.587. The summed E-state index contributed by atoms with van der Waals surface area (Å²) in [5.74, 6) is 0. The van der Waals surface area contributed by atoms with Crippen molar-refractivity contribution >= 4 is 7.80 Å². The Balaban J connectivity index is 3.14. The van der Waals surface area contributed by atoms with Crippen LogP contribution in [0.15, 0.2) is 12.2 Å². The summed E-state index contributed by atoms with van der Waals surface area (Å²) < 4.78 is 11.0. The SMILES string of the molecule is CCC=CCCC[P+](=O)CC. The Kier molecular flexibility index (Phi) is 7.83. The van der Waals surface area contributed by atoms with Crippen molar-refractivity contribution in [1.82, 2.24) is 0 Å². The van der Waals surface area contributed by atoms with Gasteiger partial charge in [0.05, 0.1) is 0 Å². The van der Waals surface area contributed by atoms with Crippen molar-refractivity contribution in [1.29, 1.82) is 0 Å². The highest BCUT2D eigenvalue weighted by atomic mass is 31.1. The maximum absolute atomic E-state index is 11.0. The van der Waals surface area contributed by atoms with Gasteiger partial charge in [-0.15, -0.1) is 0 Å². The first-order chi connectivity index (χ1) is 5.31. The van der Waals surface area contributed by atoms with Crippen molar-refractivity contribution in [3.63, 3.8) is 0 Å². The molecule has 0 aromatic carbocycles. The van der Waals surface area contributed by atoms with Crippen molar-refractivity contribution in [2.75, 3.05) is 12.3 Å². The van der Waals surface area contributed by atoms with Crippen molar-refractivity contribution < 1.29 is 4.57 Å². The van der Waals surface area contributed by atoms with Gasteiger partial charge in [-0.3, -0.25) is 0 Å². The minimum Gasteiger partial charge on any atom is -0.0888 e. The summed E-state index contributed by atoms with van der Waals surface area (Å²) in [6, 6.07) is 0. The van der Waals surface area contributed by atoms with E-state index in [1.54, 1.807) is 0 Å². The molecule has 0 aromatic rings.